The maximum atomic E-state index is 13.3. The Balaban J connectivity index is 0.00000341. The molecule has 0 fully saturated rings. The Bertz CT molecular complexity index is 933. The van der Waals surface area contributed by atoms with Crippen LogP contribution in [-0.2, 0) is 0 Å². The lowest BCUT2D eigenvalue weighted by atomic mass is 10.1. The van der Waals surface area contributed by atoms with E-state index in [1.807, 2.05) is 13.8 Å². The molecule has 3 rings (SSSR count). The number of rotatable bonds is 6. The Labute approximate surface area is 201 Å². The zero-order chi connectivity index (χ0) is 21.7. The van der Waals surface area contributed by atoms with Gasteiger partial charge in [0.05, 0.1) is 29.8 Å². The molecule has 1 aliphatic heterocycles. The number of hydrogen-bond donors (Lipinski definition) is 0. The molecule has 6 nitrogen and oxygen atoms in total. The largest absolute Gasteiger partial charge is 0.492 e. The molecule has 2 aromatic rings. The number of amidine groups is 1. The minimum absolute atomic E-state index is 0. The van der Waals surface area contributed by atoms with Crippen LogP contribution in [0, 0.1) is 0 Å². The van der Waals surface area contributed by atoms with Gasteiger partial charge in [-0.25, -0.2) is 4.90 Å². The number of carbonyl (C=O) groups is 2. The molecule has 0 N–H and O–H groups in total. The molecule has 166 valence electrons. The second-order valence-electron chi connectivity index (χ2n) is 6.11. The van der Waals surface area contributed by atoms with Crippen LogP contribution in [-0.4, -0.2) is 47.4 Å². The molecule has 0 atom stereocenters. The fourth-order valence-corrected chi connectivity index (χ4v) is 4.11. The minimum Gasteiger partial charge on any atom is -0.492 e. The van der Waals surface area contributed by atoms with Crippen molar-refractivity contribution in [3.05, 3.63) is 57.6 Å². The lowest BCUT2D eigenvalue weighted by molar-refractivity contribution is 0.0717. The fourth-order valence-electron chi connectivity index (χ4n) is 2.80. The highest BCUT2D eigenvalue weighted by Crippen LogP contribution is 2.29. The maximum absolute atomic E-state index is 13.3. The Morgan fingerprint density at radius 2 is 1.45 bits per heavy atom. The average Bonchev–Trinajstić information content (AvgIpc) is 3.25. The molecule has 2 amide bonds. The quantitative estimate of drug-likeness (QED) is 0.480. The molecule has 1 heterocycles. The van der Waals surface area contributed by atoms with Crippen LogP contribution in [0.5, 0.6) is 11.5 Å². The smallest absolute Gasteiger partial charge is 0.267 e. The molecular formula is C21H21Cl3N2O4S. The van der Waals surface area contributed by atoms with Crippen molar-refractivity contribution in [3.63, 3.8) is 0 Å². The van der Waals surface area contributed by atoms with Crippen molar-refractivity contribution in [3.8, 4) is 11.5 Å². The van der Waals surface area contributed by atoms with Crippen molar-refractivity contribution < 1.29 is 19.1 Å². The van der Waals surface area contributed by atoms with E-state index in [0.29, 0.717) is 52.2 Å². The molecule has 0 saturated heterocycles. The van der Waals surface area contributed by atoms with Crippen molar-refractivity contribution in [2.45, 2.75) is 13.8 Å². The first-order valence-corrected chi connectivity index (χ1v) is 11.1. The van der Waals surface area contributed by atoms with E-state index in [9.17, 15) is 9.59 Å². The third-order valence-corrected chi connectivity index (χ3v) is 5.67. The van der Waals surface area contributed by atoms with E-state index in [-0.39, 0.29) is 23.5 Å². The summed E-state index contributed by atoms with van der Waals surface area (Å²) in [5, 5.41) is 0.931. The van der Waals surface area contributed by atoms with E-state index in [4.69, 9.17) is 32.7 Å². The van der Waals surface area contributed by atoms with E-state index >= 15 is 0 Å². The van der Waals surface area contributed by atoms with Gasteiger partial charge in [0.15, 0.2) is 5.17 Å². The summed E-state index contributed by atoms with van der Waals surface area (Å²) >= 11 is 13.8. The number of carbonyl (C=O) groups excluding carboxylic acids is 2. The number of benzene rings is 2. The monoisotopic (exact) mass is 502 g/mol. The molecule has 0 radical (unpaired) electrons. The SMILES string of the molecule is CCOc1ccc(C(=O)N(C(=O)c2ccc(OCC)c(Cl)c2)C2=NCCS2)cc1Cl.Cl. The molecule has 0 spiro atoms. The minimum atomic E-state index is -0.525. The van der Waals surface area contributed by atoms with Crippen molar-refractivity contribution in [1.29, 1.82) is 0 Å². The molecule has 0 aromatic heterocycles. The molecule has 0 unspecified atom stereocenters. The van der Waals surface area contributed by atoms with Gasteiger partial charge in [0.1, 0.15) is 11.5 Å². The summed E-state index contributed by atoms with van der Waals surface area (Å²) in [6, 6.07) is 9.34. The summed E-state index contributed by atoms with van der Waals surface area (Å²) in [4.78, 5) is 31.9. The topological polar surface area (TPSA) is 68.2 Å². The van der Waals surface area contributed by atoms with Gasteiger partial charge in [-0.3, -0.25) is 14.6 Å². The van der Waals surface area contributed by atoms with Gasteiger partial charge in [0, 0.05) is 16.9 Å². The molecule has 1 aliphatic rings. The first kappa shape index (κ1) is 25.3. The highest BCUT2D eigenvalue weighted by atomic mass is 35.5. The fraction of sp³-hybridized carbons (Fsp3) is 0.286. The number of halogens is 3. The number of aliphatic imine (C=N–C) groups is 1. The van der Waals surface area contributed by atoms with Crippen molar-refractivity contribution in [2.75, 3.05) is 25.5 Å². The normalized spacial score (nSPS) is 12.6. The standard InChI is InChI=1S/C21H20Cl2N2O4S.ClH/c1-3-28-17-7-5-13(11-15(17)22)19(26)25(21-24-9-10-30-21)20(27)14-6-8-18(29-4-2)16(23)12-14;/h5-8,11-12H,3-4,9-10H2,1-2H3;1H. The van der Waals surface area contributed by atoms with Crippen LogP contribution in [0.1, 0.15) is 34.6 Å². The Hall–Kier alpha value is -1.93. The zero-order valence-corrected chi connectivity index (χ0v) is 20.0. The molecular weight excluding hydrogens is 483 g/mol. The van der Waals surface area contributed by atoms with Crippen LogP contribution in [0.15, 0.2) is 41.4 Å². The van der Waals surface area contributed by atoms with Crippen molar-refractivity contribution in [1.82, 2.24) is 4.90 Å². The number of imide groups is 1. The van der Waals surface area contributed by atoms with Gasteiger partial charge >= 0.3 is 0 Å². The van der Waals surface area contributed by atoms with Crippen LogP contribution in [0.4, 0.5) is 0 Å². The second kappa shape index (κ2) is 11.6. The number of thioether (sulfide) groups is 1. The first-order chi connectivity index (χ1) is 14.5. The first-order valence-electron chi connectivity index (χ1n) is 9.37. The van der Waals surface area contributed by atoms with E-state index < -0.39 is 11.8 Å². The van der Waals surface area contributed by atoms with Gasteiger partial charge in [0.2, 0.25) is 0 Å². The van der Waals surface area contributed by atoms with Crippen LogP contribution in [0.25, 0.3) is 0 Å². The second-order valence-corrected chi connectivity index (χ2v) is 7.99. The maximum Gasteiger partial charge on any atom is 0.267 e. The van der Waals surface area contributed by atoms with Gasteiger partial charge in [-0.1, -0.05) is 35.0 Å². The Kier molecular flexibility index (Phi) is 9.50. The third-order valence-electron chi connectivity index (χ3n) is 4.12. The van der Waals surface area contributed by atoms with Crippen molar-refractivity contribution in [2.24, 2.45) is 4.99 Å². The summed E-state index contributed by atoms with van der Waals surface area (Å²) in [7, 11) is 0. The van der Waals surface area contributed by atoms with Gasteiger partial charge in [-0.2, -0.15) is 0 Å². The zero-order valence-electron chi connectivity index (χ0n) is 16.9. The number of hydrogen-bond acceptors (Lipinski definition) is 6. The summed E-state index contributed by atoms with van der Waals surface area (Å²) in [6.07, 6.45) is 0. The molecule has 0 saturated carbocycles. The summed E-state index contributed by atoms with van der Waals surface area (Å²) in [5.41, 5.74) is 0.507. The predicted molar refractivity (Wildman–Crippen MR) is 128 cm³/mol. The van der Waals surface area contributed by atoms with E-state index in [1.54, 1.807) is 24.3 Å². The van der Waals surface area contributed by atoms with Crippen molar-refractivity contribution >= 4 is 64.4 Å². The number of ether oxygens (including phenoxy) is 2. The summed E-state index contributed by atoms with van der Waals surface area (Å²) in [6.45, 7) is 5.11. The van der Waals surface area contributed by atoms with E-state index in [0.717, 1.165) is 4.90 Å². The highest BCUT2D eigenvalue weighted by Gasteiger charge is 2.31. The predicted octanol–water partition coefficient (Wildman–Crippen LogP) is 5.60. The third kappa shape index (κ3) is 5.86. The molecule has 10 heteroatoms. The van der Waals surface area contributed by atoms with Crippen LogP contribution < -0.4 is 9.47 Å². The number of nitrogens with zero attached hydrogens (tertiary/aromatic N) is 2. The van der Waals surface area contributed by atoms with Gasteiger partial charge in [-0.05, 0) is 50.2 Å². The van der Waals surface area contributed by atoms with E-state index in [1.165, 1.54) is 23.9 Å². The lowest BCUT2D eigenvalue weighted by Crippen LogP contribution is -2.40. The summed E-state index contributed by atoms with van der Waals surface area (Å²) < 4.78 is 10.8. The van der Waals surface area contributed by atoms with Gasteiger partial charge in [-0.15, -0.1) is 12.4 Å². The van der Waals surface area contributed by atoms with Crippen LogP contribution in [0.3, 0.4) is 0 Å². The number of amides is 2. The molecule has 0 bridgehead atoms. The highest BCUT2D eigenvalue weighted by molar-refractivity contribution is 8.14. The van der Waals surface area contributed by atoms with Gasteiger partial charge < -0.3 is 9.47 Å². The van der Waals surface area contributed by atoms with Crippen LogP contribution >= 0.6 is 47.4 Å². The van der Waals surface area contributed by atoms with E-state index in [2.05, 4.69) is 4.99 Å². The molecule has 31 heavy (non-hydrogen) atoms. The van der Waals surface area contributed by atoms with Gasteiger partial charge in [0.25, 0.3) is 11.8 Å². The lowest BCUT2D eigenvalue weighted by Gasteiger charge is -2.21. The average molecular weight is 504 g/mol. The molecule has 0 aliphatic carbocycles. The van der Waals surface area contributed by atoms with Crippen LogP contribution in [0.2, 0.25) is 10.0 Å². The Morgan fingerprint density at radius 3 is 1.81 bits per heavy atom. The summed E-state index contributed by atoms with van der Waals surface area (Å²) in [5.74, 6) is 0.589. The Morgan fingerprint density at radius 1 is 0.968 bits per heavy atom. The molecule has 2 aromatic carbocycles.